The van der Waals surface area contributed by atoms with Gasteiger partial charge in [0.2, 0.25) is 0 Å². The van der Waals surface area contributed by atoms with E-state index >= 15 is 0 Å². The average Bonchev–Trinajstić information content (AvgIpc) is 3.27. The molecule has 0 amide bonds. The lowest BCUT2D eigenvalue weighted by Gasteiger charge is -2.18. The number of ether oxygens (including phenoxy) is 3. The van der Waals surface area contributed by atoms with Crippen LogP contribution in [0.5, 0.6) is 0 Å². The predicted octanol–water partition coefficient (Wildman–Crippen LogP) is 18.6. The van der Waals surface area contributed by atoms with E-state index < -0.39 is 6.10 Å². The molecule has 0 aromatic heterocycles. The smallest absolute Gasteiger partial charge is 0.306 e. The summed E-state index contributed by atoms with van der Waals surface area (Å²) in [6.45, 7) is 7.82. The number of carbonyl (C=O) groups excluding carboxylic acids is 2. The SMILES string of the molecule is CCCCCC/C=C\CCCCCCCCOCC(COC(=O)CCCCCCCCC/C=C\CCCCCCCC)OC(=O)CCCCCCC/C=C\CCCCCCCC. The zero-order valence-corrected chi connectivity index (χ0v) is 41.9. The van der Waals surface area contributed by atoms with Crippen molar-refractivity contribution in [2.75, 3.05) is 19.8 Å². The molecule has 5 heteroatoms. The molecule has 0 spiro atoms. The summed E-state index contributed by atoms with van der Waals surface area (Å²) >= 11 is 0. The quantitative estimate of drug-likeness (QED) is 0.0346. The second-order valence-corrected chi connectivity index (χ2v) is 18.5. The highest BCUT2D eigenvalue weighted by atomic mass is 16.6. The van der Waals surface area contributed by atoms with E-state index in [1.165, 1.54) is 205 Å². The Hall–Kier alpha value is -1.88. The highest BCUT2D eigenvalue weighted by molar-refractivity contribution is 5.70. The minimum atomic E-state index is -0.542. The summed E-state index contributed by atoms with van der Waals surface area (Å²) in [5.74, 6) is -0.402. The monoisotopic (exact) mass is 871 g/mol. The van der Waals surface area contributed by atoms with Crippen LogP contribution in [0.15, 0.2) is 36.5 Å². The average molecular weight is 871 g/mol. The van der Waals surface area contributed by atoms with Crippen molar-refractivity contribution in [3.63, 3.8) is 0 Å². The Labute approximate surface area is 387 Å². The van der Waals surface area contributed by atoms with Crippen LogP contribution >= 0.6 is 0 Å². The summed E-state index contributed by atoms with van der Waals surface area (Å²) in [7, 11) is 0. The molecule has 0 saturated heterocycles. The molecule has 0 aliphatic rings. The van der Waals surface area contributed by atoms with Crippen molar-refractivity contribution in [1.29, 1.82) is 0 Å². The predicted molar refractivity (Wildman–Crippen MR) is 270 cm³/mol. The van der Waals surface area contributed by atoms with Crippen LogP contribution in [0.1, 0.15) is 290 Å². The molecule has 5 nitrogen and oxygen atoms in total. The van der Waals surface area contributed by atoms with Gasteiger partial charge in [0.15, 0.2) is 6.10 Å². The van der Waals surface area contributed by atoms with Gasteiger partial charge in [-0.15, -0.1) is 0 Å². The minimum Gasteiger partial charge on any atom is -0.462 e. The summed E-state index contributed by atoms with van der Waals surface area (Å²) in [5.41, 5.74) is 0. The lowest BCUT2D eigenvalue weighted by molar-refractivity contribution is -0.163. The van der Waals surface area contributed by atoms with Crippen molar-refractivity contribution in [3.8, 4) is 0 Å². The van der Waals surface area contributed by atoms with Crippen LogP contribution in [0, 0.1) is 0 Å². The van der Waals surface area contributed by atoms with Crippen molar-refractivity contribution in [3.05, 3.63) is 36.5 Å². The first-order chi connectivity index (χ1) is 30.6. The van der Waals surface area contributed by atoms with Gasteiger partial charge in [-0.1, -0.05) is 218 Å². The maximum atomic E-state index is 12.8. The summed E-state index contributed by atoms with van der Waals surface area (Å²) in [4.78, 5) is 25.4. The molecule has 0 rings (SSSR count). The van der Waals surface area contributed by atoms with Gasteiger partial charge < -0.3 is 14.2 Å². The summed E-state index contributed by atoms with van der Waals surface area (Å²) in [5, 5.41) is 0. The largest absolute Gasteiger partial charge is 0.462 e. The Balaban J connectivity index is 4.26. The second kappa shape index (κ2) is 53.5. The first-order valence-corrected chi connectivity index (χ1v) is 27.5. The summed E-state index contributed by atoms with van der Waals surface area (Å²) < 4.78 is 17.4. The molecule has 0 aliphatic carbocycles. The van der Waals surface area contributed by atoms with E-state index in [0.717, 1.165) is 51.4 Å². The zero-order chi connectivity index (χ0) is 44.9. The van der Waals surface area contributed by atoms with Crippen molar-refractivity contribution < 1.29 is 23.8 Å². The Kier molecular flexibility index (Phi) is 51.8. The van der Waals surface area contributed by atoms with Gasteiger partial charge in [0.1, 0.15) is 6.61 Å². The van der Waals surface area contributed by atoms with Crippen molar-refractivity contribution in [2.45, 2.75) is 297 Å². The summed E-state index contributed by atoms with van der Waals surface area (Å²) in [6, 6.07) is 0. The maximum Gasteiger partial charge on any atom is 0.306 e. The Morgan fingerprint density at radius 2 is 0.629 bits per heavy atom. The van der Waals surface area contributed by atoms with E-state index in [4.69, 9.17) is 14.2 Å². The molecular formula is C57H106O5. The third kappa shape index (κ3) is 50.8. The second-order valence-electron chi connectivity index (χ2n) is 18.5. The molecule has 0 aliphatic heterocycles. The first kappa shape index (κ1) is 60.1. The fourth-order valence-corrected chi connectivity index (χ4v) is 7.97. The molecule has 62 heavy (non-hydrogen) atoms. The molecule has 0 bridgehead atoms. The van der Waals surface area contributed by atoms with Crippen LogP contribution < -0.4 is 0 Å². The number of esters is 2. The molecule has 0 heterocycles. The van der Waals surface area contributed by atoms with E-state index in [9.17, 15) is 9.59 Å². The number of unbranched alkanes of at least 4 members (excludes halogenated alkanes) is 34. The van der Waals surface area contributed by atoms with Crippen LogP contribution in [-0.2, 0) is 23.8 Å². The fourth-order valence-electron chi connectivity index (χ4n) is 7.97. The summed E-state index contributed by atoms with van der Waals surface area (Å²) in [6.07, 6.45) is 64.4. The highest BCUT2D eigenvalue weighted by Gasteiger charge is 2.17. The molecule has 0 radical (unpaired) electrons. The van der Waals surface area contributed by atoms with Gasteiger partial charge >= 0.3 is 11.9 Å². The van der Waals surface area contributed by atoms with Crippen LogP contribution in [0.3, 0.4) is 0 Å². The van der Waals surface area contributed by atoms with Crippen molar-refractivity contribution >= 4 is 11.9 Å². The van der Waals surface area contributed by atoms with Gasteiger partial charge in [-0.3, -0.25) is 9.59 Å². The van der Waals surface area contributed by atoms with E-state index in [1.807, 2.05) is 0 Å². The molecule has 0 aromatic carbocycles. The Morgan fingerprint density at radius 3 is 1.00 bits per heavy atom. The number of hydrogen-bond acceptors (Lipinski definition) is 5. The first-order valence-electron chi connectivity index (χ1n) is 27.5. The Bertz CT molecular complexity index is 986. The lowest BCUT2D eigenvalue weighted by Crippen LogP contribution is -2.30. The van der Waals surface area contributed by atoms with Gasteiger partial charge in [-0.05, 0) is 96.3 Å². The van der Waals surface area contributed by atoms with E-state index in [0.29, 0.717) is 19.4 Å². The number of rotatable bonds is 51. The minimum absolute atomic E-state index is 0.0809. The standard InChI is InChI=1S/C57H106O5/c1-4-7-10-13-16-19-22-25-28-29-31-32-35-38-41-44-47-50-56(58)61-54-55(53-60-52-49-46-43-40-37-34-27-24-21-18-15-12-9-6-3)62-57(59)51-48-45-42-39-36-33-30-26-23-20-17-14-11-8-5-2/h21,24-26,28,30,55H,4-20,22-23,27,29,31-54H2,1-3H3/b24-21-,28-25-,30-26-. The highest BCUT2D eigenvalue weighted by Crippen LogP contribution is 2.15. The van der Waals surface area contributed by atoms with E-state index in [2.05, 4.69) is 57.2 Å². The molecule has 0 fully saturated rings. The molecule has 1 atom stereocenters. The maximum absolute atomic E-state index is 12.8. The number of hydrogen-bond donors (Lipinski definition) is 0. The topological polar surface area (TPSA) is 61.8 Å². The van der Waals surface area contributed by atoms with E-state index in [-0.39, 0.29) is 25.2 Å². The van der Waals surface area contributed by atoms with E-state index in [1.54, 1.807) is 0 Å². The van der Waals surface area contributed by atoms with Crippen LogP contribution in [-0.4, -0.2) is 37.9 Å². The van der Waals surface area contributed by atoms with Gasteiger partial charge in [0, 0.05) is 19.4 Å². The molecule has 0 N–H and O–H groups in total. The Morgan fingerprint density at radius 1 is 0.339 bits per heavy atom. The molecule has 0 saturated carbocycles. The fraction of sp³-hybridized carbons (Fsp3) is 0.860. The molecule has 1 unspecified atom stereocenters. The molecule has 0 aromatic rings. The molecule has 364 valence electrons. The van der Waals surface area contributed by atoms with Gasteiger partial charge in [0.05, 0.1) is 6.61 Å². The van der Waals surface area contributed by atoms with Crippen LogP contribution in [0.4, 0.5) is 0 Å². The van der Waals surface area contributed by atoms with Crippen LogP contribution in [0.25, 0.3) is 0 Å². The normalized spacial score (nSPS) is 12.4. The van der Waals surface area contributed by atoms with Crippen molar-refractivity contribution in [2.24, 2.45) is 0 Å². The van der Waals surface area contributed by atoms with Gasteiger partial charge in [0.25, 0.3) is 0 Å². The molecular weight excluding hydrogens is 765 g/mol. The van der Waals surface area contributed by atoms with Crippen LogP contribution in [0.2, 0.25) is 0 Å². The van der Waals surface area contributed by atoms with Gasteiger partial charge in [-0.25, -0.2) is 0 Å². The lowest BCUT2D eigenvalue weighted by atomic mass is 10.1. The third-order valence-corrected chi connectivity index (χ3v) is 12.1. The van der Waals surface area contributed by atoms with Crippen molar-refractivity contribution in [1.82, 2.24) is 0 Å². The third-order valence-electron chi connectivity index (χ3n) is 12.1. The number of carbonyl (C=O) groups is 2. The van der Waals surface area contributed by atoms with Gasteiger partial charge in [-0.2, -0.15) is 0 Å². The zero-order valence-electron chi connectivity index (χ0n) is 41.9. The number of allylic oxidation sites excluding steroid dienone is 6.